The maximum Gasteiger partial charge on any atom is 0.269 e. The number of nitro groups is 1. The van der Waals surface area contributed by atoms with E-state index in [1.54, 1.807) is 36.4 Å². The first-order valence-electron chi connectivity index (χ1n) is 7.31. The third kappa shape index (κ3) is 5.23. The lowest BCUT2D eigenvalue weighted by Gasteiger charge is -2.13. The molecule has 0 spiro atoms. The Morgan fingerprint density at radius 3 is 2.48 bits per heavy atom. The Kier molecular flexibility index (Phi) is 5.96. The van der Waals surface area contributed by atoms with Crippen LogP contribution in [0.3, 0.4) is 0 Å². The largest absolute Gasteiger partial charge is 0.457 e. The zero-order chi connectivity index (χ0) is 16.8. The first-order chi connectivity index (χ1) is 11.0. The van der Waals surface area contributed by atoms with Gasteiger partial charge in [0.05, 0.1) is 4.92 Å². The molecule has 0 unspecified atom stereocenters. The van der Waals surface area contributed by atoms with Crippen LogP contribution in [0.15, 0.2) is 42.5 Å². The summed E-state index contributed by atoms with van der Waals surface area (Å²) >= 11 is 5.86. The van der Waals surface area contributed by atoms with Crippen LogP contribution in [0, 0.1) is 10.1 Å². The smallest absolute Gasteiger partial charge is 0.269 e. The Hall–Kier alpha value is -2.11. The summed E-state index contributed by atoms with van der Waals surface area (Å²) in [4.78, 5) is 12.7. The molecule has 2 aromatic rings. The van der Waals surface area contributed by atoms with Crippen molar-refractivity contribution in [1.29, 1.82) is 0 Å². The summed E-state index contributed by atoms with van der Waals surface area (Å²) in [5.41, 5.74) is 0.907. The van der Waals surface area contributed by atoms with Crippen molar-refractivity contribution in [2.24, 2.45) is 0 Å². The molecule has 0 radical (unpaired) electrons. The van der Waals surface area contributed by atoms with Gasteiger partial charge < -0.3 is 9.64 Å². The molecule has 2 aromatic carbocycles. The second kappa shape index (κ2) is 7.94. The van der Waals surface area contributed by atoms with Crippen LogP contribution in [0.4, 0.5) is 5.69 Å². The molecule has 0 aromatic heterocycles. The number of halogens is 1. The molecular formula is C17H19ClN2O3. The highest BCUT2D eigenvalue weighted by Gasteiger charge is 2.12. The molecule has 0 amide bonds. The van der Waals surface area contributed by atoms with Crippen LogP contribution in [0.2, 0.25) is 5.02 Å². The van der Waals surface area contributed by atoms with Crippen molar-refractivity contribution in [2.75, 3.05) is 20.6 Å². The monoisotopic (exact) mass is 334 g/mol. The number of non-ortho nitro benzene ring substituents is 1. The highest BCUT2D eigenvalue weighted by Crippen LogP contribution is 2.30. The molecule has 0 heterocycles. The van der Waals surface area contributed by atoms with E-state index >= 15 is 0 Å². The highest BCUT2D eigenvalue weighted by atomic mass is 35.5. The molecule has 23 heavy (non-hydrogen) atoms. The standard InChI is InChI=1S/C17H19ClN2O3/c1-19(2)11-3-4-13-12-15(20(21)22)7-10-17(13)23-16-8-5-14(18)6-9-16/h5-10,12H,3-4,11H2,1-2H3. The number of aryl methyl sites for hydroxylation is 1. The number of hydrogen-bond acceptors (Lipinski definition) is 4. The van der Waals surface area contributed by atoms with Gasteiger partial charge in [0.25, 0.3) is 5.69 Å². The molecule has 0 N–H and O–H groups in total. The average Bonchev–Trinajstić information content (AvgIpc) is 2.50. The van der Waals surface area contributed by atoms with Crippen molar-refractivity contribution in [1.82, 2.24) is 4.90 Å². The summed E-state index contributed by atoms with van der Waals surface area (Å²) in [5, 5.41) is 11.6. The van der Waals surface area contributed by atoms with E-state index in [0.29, 0.717) is 22.9 Å². The molecule has 5 nitrogen and oxygen atoms in total. The first kappa shape index (κ1) is 17.2. The SMILES string of the molecule is CN(C)CCCc1cc([N+](=O)[O-])ccc1Oc1ccc(Cl)cc1. The molecule has 0 aliphatic carbocycles. The lowest BCUT2D eigenvalue weighted by molar-refractivity contribution is -0.384. The fourth-order valence-corrected chi connectivity index (χ4v) is 2.32. The summed E-state index contributed by atoms with van der Waals surface area (Å²) in [6, 6.07) is 11.7. The highest BCUT2D eigenvalue weighted by molar-refractivity contribution is 6.30. The summed E-state index contributed by atoms with van der Waals surface area (Å²) in [6.45, 7) is 0.906. The normalized spacial score (nSPS) is 10.8. The van der Waals surface area contributed by atoms with Crippen molar-refractivity contribution in [3.05, 3.63) is 63.2 Å². The first-order valence-corrected chi connectivity index (χ1v) is 7.69. The van der Waals surface area contributed by atoms with Crippen molar-refractivity contribution in [2.45, 2.75) is 12.8 Å². The minimum atomic E-state index is -0.387. The predicted octanol–water partition coefficient (Wildman–Crippen LogP) is 4.53. The molecule has 2 rings (SSSR count). The number of benzene rings is 2. The summed E-state index contributed by atoms with van der Waals surface area (Å²) in [7, 11) is 4.00. The van der Waals surface area contributed by atoms with Crippen molar-refractivity contribution >= 4 is 17.3 Å². The van der Waals surface area contributed by atoms with Crippen LogP contribution < -0.4 is 4.74 Å². The van der Waals surface area contributed by atoms with Crippen LogP contribution >= 0.6 is 11.6 Å². The molecule has 0 aliphatic rings. The van der Waals surface area contributed by atoms with Gasteiger partial charge in [-0.3, -0.25) is 10.1 Å². The number of nitrogens with zero attached hydrogens (tertiary/aromatic N) is 2. The lowest BCUT2D eigenvalue weighted by Crippen LogP contribution is -2.13. The second-order valence-corrected chi connectivity index (χ2v) is 5.95. The van der Waals surface area contributed by atoms with Gasteiger partial charge in [-0.15, -0.1) is 0 Å². The van der Waals surface area contributed by atoms with Crippen LogP contribution in [-0.2, 0) is 6.42 Å². The molecule has 0 bridgehead atoms. The maximum atomic E-state index is 11.0. The number of nitro benzene ring substituents is 1. The molecule has 0 saturated heterocycles. The summed E-state index contributed by atoms with van der Waals surface area (Å²) < 4.78 is 5.86. The topological polar surface area (TPSA) is 55.6 Å². The molecule has 0 fully saturated rings. The fraction of sp³-hybridized carbons (Fsp3) is 0.294. The van der Waals surface area contributed by atoms with Gasteiger partial charge >= 0.3 is 0 Å². The average molecular weight is 335 g/mol. The van der Waals surface area contributed by atoms with Gasteiger partial charge in [0.2, 0.25) is 0 Å². The van der Waals surface area contributed by atoms with Crippen molar-refractivity contribution < 1.29 is 9.66 Å². The minimum Gasteiger partial charge on any atom is -0.457 e. The van der Waals surface area contributed by atoms with Gasteiger partial charge in [0.15, 0.2) is 0 Å². The minimum absolute atomic E-state index is 0.0771. The molecule has 0 atom stereocenters. The van der Waals surface area contributed by atoms with E-state index in [9.17, 15) is 10.1 Å². The lowest BCUT2D eigenvalue weighted by atomic mass is 10.1. The van der Waals surface area contributed by atoms with Gasteiger partial charge in [-0.2, -0.15) is 0 Å². The van der Waals surface area contributed by atoms with Crippen LogP contribution in [0.1, 0.15) is 12.0 Å². The van der Waals surface area contributed by atoms with Crippen molar-refractivity contribution in [3.8, 4) is 11.5 Å². The third-order valence-corrected chi connectivity index (χ3v) is 3.60. The summed E-state index contributed by atoms with van der Waals surface area (Å²) in [6.07, 6.45) is 1.61. The Morgan fingerprint density at radius 1 is 1.17 bits per heavy atom. The van der Waals surface area contributed by atoms with E-state index in [4.69, 9.17) is 16.3 Å². The van der Waals surface area contributed by atoms with Gasteiger partial charge in [0.1, 0.15) is 11.5 Å². The van der Waals surface area contributed by atoms with Crippen LogP contribution in [0.5, 0.6) is 11.5 Å². The van der Waals surface area contributed by atoms with E-state index in [1.807, 2.05) is 14.1 Å². The zero-order valence-corrected chi connectivity index (χ0v) is 13.9. The van der Waals surface area contributed by atoms with Crippen molar-refractivity contribution in [3.63, 3.8) is 0 Å². The second-order valence-electron chi connectivity index (χ2n) is 5.51. The molecule has 6 heteroatoms. The van der Waals surface area contributed by atoms with E-state index < -0.39 is 0 Å². The molecular weight excluding hydrogens is 316 g/mol. The number of hydrogen-bond donors (Lipinski definition) is 0. The number of rotatable bonds is 7. The van der Waals surface area contributed by atoms with Gasteiger partial charge in [-0.05, 0) is 63.8 Å². The van der Waals surface area contributed by atoms with Crippen LogP contribution in [-0.4, -0.2) is 30.5 Å². The van der Waals surface area contributed by atoms with E-state index in [-0.39, 0.29) is 10.6 Å². The third-order valence-electron chi connectivity index (χ3n) is 3.35. The number of ether oxygens (including phenoxy) is 1. The van der Waals surface area contributed by atoms with Gasteiger partial charge in [-0.25, -0.2) is 0 Å². The zero-order valence-electron chi connectivity index (χ0n) is 13.2. The van der Waals surface area contributed by atoms with E-state index in [1.165, 1.54) is 6.07 Å². The Morgan fingerprint density at radius 2 is 1.87 bits per heavy atom. The van der Waals surface area contributed by atoms with Gasteiger partial charge in [-0.1, -0.05) is 11.6 Å². The Bertz CT molecular complexity index is 672. The Balaban J connectivity index is 2.21. The maximum absolute atomic E-state index is 11.0. The fourth-order valence-electron chi connectivity index (χ4n) is 2.19. The molecule has 122 valence electrons. The van der Waals surface area contributed by atoms with Crippen LogP contribution in [0.25, 0.3) is 0 Å². The Labute approximate surface area is 140 Å². The summed E-state index contributed by atoms with van der Waals surface area (Å²) in [5.74, 6) is 1.29. The van der Waals surface area contributed by atoms with E-state index in [0.717, 1.165) is 18.5 Å². The molecule has 0 saturated carbocycles. The van der Waals surface area contributed by atoms with E-state index in [2.05, 4.69) is 4.90 Å². The predicted molar refractivity (Wildman–Crippen MR) is 91.5 cm³/mol. The molecule has 0 aliphatic heterocycles. The quantitative estimate of drug-likeness (QED) is 0.551. The van der Waals surface area contributed by atoms with Gasteiger partial charge in [0, 0.05) is 22.7 Å².